The third-order valence-corrected chi connectivity index (χ3v) is 10.5. The number of halogens is 3. The molecule has 0 radical (unpaired) electrons. The molecule has 0 spiro atoms. The van der Waals surface area contributed by atoms with E-state index in [-0.39, 0.29) is 35.1 Å². The molecule has 4 rings (SSSR count). The zero-order chi connectivity index (χ0) is 25.6. The molecule has 1 saturated carbocycles. The zero-order valence-electron chi connectivity index (χ0n) is 19.9. The van der Waals surface area contributed by atoms with Crippen molar-refractivity contribution in [3.8, 4) is 11.5 Å². The van der Waals surface area contributed by atoms with E-state index in [4.69, 9.17) is 39.5 Å². The number of ketones is 2. The number of hydrogen-bond donors (Lipinski definition) is 3. The molecule has 3 unspecified atom stereocenters. The average Bonchev–Trinajstić information content (AvgIpc) is 2.70. The number of aliphatic hydroxyl groups is 1. The van der Waals surface area contributed by atoms with Gasteiger partial charge in [-0.25, -0.2) is 0 Å². The van der Waals surface area contributed by atoms with E-state index >= 15 is 0 Å². The first-order valence-corrected chi connectivity index (χ1v) is 12.7. The Bertz CT molecular complexity index is 1070. The summed E-state index contributed by atoms with van der Waals surface area (Å²) in [5.74, 6) is -2.81. The van der Waals surface area contributed by atoms with Gasteiger partial charge in [0.05, 0.1) is 22.1 Å². The van der Waals surface area contributed by atoms with Crippen molar-refractivity contribution in [1.29, 1.82) is 0 Å². The van der Waals surface area contributed by atoms with Gasteiger partial charge in [-0.1, -0.05) is 13.8 Å². The summed E-state index contributed by atoms with van der Waals surface area (Å²) in [5, 5.41) is 31.0. The molecule has 6 nitrogen and oxygen atoms in total. The molecule has 3 N–H and O–H groups in total. The van der Waals surface area contributed by atoms with E-state index in [9.17, 15) is 24.9 Å². The Kier molecular flexibility index (Phi) is 5.91. The molecular formula is C25H31Cl3O6. The number of carbonyl (C=O) groups excluding carboxylic acids is 2. The third-order valence-electron chi connectivity index (χ3n) is 8.44. The first-order chi connectivity index (χ1) is 15.4. The van der Waals surface area contributed by atoms with Gasteiger partial charge in [0.1, 0.15) is 16.4 Å². The first kappa shape index (κ1) is 26.0. The number of Topliss-reactive ketones (excluding diaryl/α,β-unsaturated/α-hetero) is 2. The number of phenolic OH excluding ortho intramolecular Hbond substituents is 2. The van der Waals surface area contributed by atoms with Crippen LogP contribution in [0.15, 0.2) is 12.1 Å². The molecule has 1 saturated heterocycles. The molecule has 1 heterocycles. The van der Waals surface area contributed by atoms with E-state index in [0.29, 0.717) is 12.8 Å². The topological polar surface area (TPSA) is 104 Å². The van der Waals surface area contributed by atoms with Crippen molar-refractivity contribution in [2.45, 2.75) is 92.7 Å². The minimum absolute atomic E-state index is 0.0901. The van der Waals surface area contributed by atoms with Crippen LogP contribution in [0.3, 0.4) is 0 Å². The number of hydrogen-bond acceptors (Lipinski definition) is 6. The van der Waals surface area contributed by atoms with Crippen LogP contribution in [0.1, 0.15) is 81.0 Å². The molecule has 3 aliphatic rings. The predicted molar refractivity (Wildman–Crippen MR) is 131 cm³/mol. The van der Waals surface area contributed by atoms with Gasteiger partial charge >= 0.3 is 0 Å². The van der Waals surface area contributed by atoms with Gasteiger partial charge in [-0.3, -0.25) is 9.59 Å². The lowest BCUT2D eigenvalue weighted by molar-refractivity contribution is -0.189. The Morgan fingerprint density at radius 3 is 2.26 bits per heavy atom. The Morgan fingerprint density at radius 1 is 1.03 bits per heavy atom. The van der Waals surface area contributed by atoms with Crippen molar-refractivity contribution in [3.63, 3.8) is 0 Å². The minimum Gasteiger partial charge on any atom is -0.508 e. The summed E-state index contributed by atoms with van der Waals surface area (Å²) in [6.45, 7) is 9.01. The number of phenols is 2. The van der Waals surface area contributed by atoms with Crippen LogP contribution in [0.25, 0.3) is 0 Å². The molecule has 188 valence electrons. The van der Waals surface area contributed by atoms with Crippen LogP contribution in [0, 0.1) is 11.3 Å². The van der Waals surface area contributed by atoms with Gasteiger partial charge in [-0.2, -0.15) is 0 Å². The van der Waals surface area contributed by atoms with Gasteiger partial charge in [-0.05, 0) is 63.9 Å². The highest BCUT2D eigenvalue weighted by atomic mass is 35.5. The lowest BCUT2D eigenvalue weighted by Crippen LogP contribution is -2.74. The fraction of sp³-hybridized carbons (Fsp3) is 0.680. The predicted octanol–water partition coefficient (Wildman–Crippen LogP) is 5.18. The van der Waals surface area contributed by atoms with Crippen molar-refractivity contribution in [3.05, 3.63) is 23.3 Å². The fourth-order valence-corrected chi connectivity index (χ4v) is 7.32. The summed E-state index contributed by atoms with van der Waals surface area (Å²) in [6.07, 6.45) is 0.813. The highest BCUT2D eigenvalue weighted by Crippen LogP contribution is 2.61. The largest absolute Gasteiger partial charge is 0.508 e. The van der Waals surface area contributed by atoms with E-state index in [0.717, 1.165) is 12.1 Å². The Labute approximate surface area is 214 Å². The number of ether oxygens (including phenoxy) is 1. The van der Waals surface area contributed by atoms with Crippen LogP contribution in [0.4, 0.5) is 0 Å². The van der Waals surface area contributed by atoms with Crippen LogP contribution < -0.4 is 0 Å². The van der Waals surface area contributed by atoms with Crippen molar-refractivity contribution in [1.82, 2.24) is 0 Å². The van der Waals surface area contributed by atoms with Gasteiger partial charge in [0.2, 0.25) is 0 Å². The first-order valence-electron chi connectivity index (χ1n) is 11.5. The Balaban J connectivity index is 1.99. The lowest BCUT2D eigenvalue weighted by atomic mass is 9.54. The van der Waals surface area contributed by atoms with Gasteiger partial charge in [0.25, 0.3) is 0 Å². The smallest absolute Gasteiger partial charge is 0.197 e. The number of fused-ring (bicyclic) bond motifs is 2. The number of aromatic hydroxyl groups is 2. The van der Waals surface area contributed by atoms with E-state index in [1.54, 1.807) is 20.8 Å². The van der Waals surface area contributed by atoms with E-state index in [1.807, 2.05) is 13.8 Å². The molecule has 34 heavy (non-hydrogen) atoms. The highest BCUT2D eigenvalue weighted by Gasteiger charge is 2.72. The SMILES string of the molecule is CC1(O)CCC(Cl)C(C)(C)C1C[C@@]12OC(C)(C)[C@H](Cl)C[C@]1(Cl)C(=O)c1c(O)cc(O)cc1C2=O. The van der Waals surface area contributed by atoms with Crippen molar-refractivity contribution < 1.29 is 29.6 Å². The zero-order valence-corrected chi connectivity index (χ0v) is 22.2. The van der Waals surface area contributed by atoms with E-state index < -0.39 is 55.7 Å². The molecular weight excluding hydrogens is 503 g/mol. The van der Waals surface area contributed by atoms with Crippen LogP contribution in [-0.4, -0.2) is 59.3 Å². The summed E-state index contributed by atoms with van der Waals surface area (Å²) < 4.78 is 6.47. The van der Waals surface area contributed by atoms with Crippen LogP contribution in [0.5, 0.6) is 11.5 Å². The molecule has 0 bridgehead atoms. The maximum atomic E-state index is 14.3. The second kappa shape index (κ2) is 7.72. The number of alkyl halides is 3. The molecule has 0 amide bonds. The molecule has 1 aromatic carbocycles. The van der Waals surface area contributed by atoms with E-state index in [2.05, 4.69) is 0 Å². The number of carbonyl (C=O) groups is 2. The molecule has 2 fully saturated rings. The molecule has 2 aliphatic carbocycles. The summed E-state index contributed by atoms with van der Waals surface area (Å²) in [5.41, 5.74) is -5.22. The number of rotatable bonds is 2. The van der Waals surface area contributed by atoms with Gasteiger partial charge < -0.3 is 20.1 Å². The lowest BCUT2D eigenvalue weighted by Gasteiger charge is -2.60. The minimum atomic E-state index is -1.93. The van der Waals surface area contributed by atoms with Crippen LogP contribution in [0.2, 0.25) is 0 Å². The maximum Gasteiger partial charge on any atom is 0.197 e. The van der Waals surface area contributed by atoms with Gasteiger partial charge in [0.15, 0.2) is 17.2 Å². The fourth-order valence-electron chi connectivity index (χ4n) is 6.25. The third kappa shape index (κ3) is 3.43. The van der Waals surface area contributed by atoms with Crippen LogP contribution in [-0.2, 0) is 4.74 Å². The second-order valence-electron chi connectivity index (χ2n) is 11.5. The Morgan fingerprint density at radius 2 is 1.65 bits per heavy atom. The average molecular weight is 534 g/mol. The molecule has 0 aromatic heterocycles. The Hall–Kier alpha value is -1.05. The molecule has 1 aliphatic heterocycles. The second-order valence-corrected chi connectivity index (χ2v) is 13.2. The van der Waals surface area contributed by atoms with Gasteiger partial charge in [-0.15, -0.1) is 34.8 Å². The summed E-state index contributed by atoms with van der Waals surface area (Å²) in [6, 6.07) is 2.14. The molecule has 9 heteroatoms. The van der Waals surface area contributed by atoms with Gasteiger partial charge in [0, 0.05) is 17.0 Å². The normalized spacial score (nSPS) is 41.0. The standard InChI is InChI=1S/C25H31Cl3O6/c1-21(2)15(23(5,33)7-6-16(21)26)10-25-19(31)13-8-12(29)9-14(30)18(13)20(32)24(25,28)11-17(27)22(3,4)34-25/h8-9,15-17,29-30,33H,6-7,10-11H2,1-5H3/t15?,16?,17-,23?,24+,25+/m1/s1. The van der Waals surface area contributed by atoms with Crippen molar-refractivity contribution in [2.24, 2.45) is 11.3 Å². The van der Waals surface area contributed by atoms with E-state index in [1.165, 1.54) is 0 Å². The molecule has 6 atom stereocenters. The van der Waals surface area contributed by atoms with Crippen molar-refractivity contribution >= 4 is 46.4 Å². The number of benzene rings is 1. The molecule has 1 aromatic rings. The monoisotopic (exact) mass is 532 g/mol. The summed E-state index contributed by atoms with van der Waals surface area (Å²) in [4.78, 5) is 26.2. The maximum absolute atomic E-state index is 14.3. The summed E-state index contributed by atoms with van der Waals surface area (Å²) >= 11 is 20.4. The van der Waals surface area contributed by atoms with Crippen molar-refractivity contribution in [2.75, 3.05) is 0 Å². The summed E-state index contributed by atoms with van der Waals surface area (Å²) in [7, 11) is 0. The van der Waals surface area contributed by atoms with Crippen LogP contribution >= 0.6 is 34.8 Å². The quantitative estimate of drug-likeness (QED) is 0.452. The highest BCUT2D eigenvalue weighted by molar-refractivity contribution is 6.45.